The minimum atomic E-state index is 0. The SMILES string of the molecule is CCCCN(C)CCN=C(N)Nc1ccccc1.I. The molecule has 0 unspecified atom stereocenters. The molecule has 0 aliphatic rings. The molecule has 0 aromatic heterocycles. The van der Waals surface area contributed by atoms with Gasteiger partial charge in [-0.2, -0.15) is 0 Å². The fourth-order valence-electron chi connectivity index (χ4n) is 1.59. The number of hydrogen-bond acceptors (Lipinski definition) is 2. The van der Waals surface area contributed by atoms with Crippen LogP contribution in [-0.4, -0.2) is 37.5 Å². The highest BCUT2D eigenvalue weighted by Gasteiger charge is 1.97. The number of nitrogens with zero attached hydrogens (tertiary/aromatic N) is 2. The van der Waals surface area contributed by atoms with Gasteiger partial charge in [0.2, 0.25) is 0 Å². The maximum Gasteiger partial charge on any atom is 0.193 e. The quantitative estimate of drug-likeness (QED) is 0.437. The highest BCUT2D eigenvalue weighted by molar-refractivity contribution is 14.0. The second-order valence-electron chi connectivity index (χ2n) is 4.41. The first-order chi connectivity index (χ1) is 8.72. The summed E-state index contributed by atoms with van der Waals surface area (Å²) >= 11 is 0. The van der Waals surface area contributed by atoms with E-state index in [1.165, 1.54) is 12.8 Å². The van der Waals surface area contributed by atoms with Gasteiger partial charge in [-0.25, -0.2) is 0 Å². The van der Waals surface area contributed by atoms with Gasteiger partial charge < -0.3 is 16.0 Å². The van der Waals surface area contributed by atoms with Gasteiger partial charge in [-0.3, -0.25) is 4.99 Å². The standard InChI is InChI=1S/C14H24N4.HI/c1-3-4-11-18(2)12-10-16-14(15)17-13-8-6-5-7-9-13;/h5-9H,3-4,10-12H2,1-2H3,(H3,15,16,17);1H. The number of nitrogens with one attached hydrogen (secondary N) is 1. The van der Waals surface area contributed by atoms with Crippen LogP contribution in [0.5, 0.6) is 0 Å². The number of likely N-dealkylation sites (N-methyl/N-ethyl adjacent to an activating group) is 1. The van der Waals surface area contributed by atoms with E-state index in [9.17, 15) is 0 Å². The van der Waals surface area contributed by atoms with E-state index in [0.29, 0.717) is 5.96 Å². The van der Waals surface area contributed by atoms with Crippen LogP contribution < -0.4 is 11.1 Å². The Kier molecular flexibility index (Phi) is 10.6. The number of halogens is 1. The van der Waals surface area contributed by atoms with E-state index in [-0.39, 0.29) is 24.0 Å². The van der Waals surface area contributed by atoms with Crippen LogP contribution in [0.2, 0.25) is 0 Å². The summed E-state index contributed by atoms with van der Waals surface area (Å²) in [5.74, 6) is 0.477. The number of rotatable bonds is 7. The van der Waals surface area contributed by atoms with E-state index in [0.717, 1.165) is 25.3 Å². The van der Waals surface area contributed by atoms with Gasteiger partial charge >= 0.3 is 0 Å². The summed E-state index contributed by atoms with van der Waals surface area (Å²) < 4.78 is 0. The molecule has 1 aromatic carbocycles. The number of aliphatic imine (C=N–C) groups is 1. The lowest BCUT2D eigenvalue weighted by atomic mass is 10.3. The zero-order chi connectivity index (χ0) is 13.2. The number of para-hydroxylation sites is 1. The van der Waals surface area contributed by atoms with E-state index in [1.54, 1.807) is 0 Å². The van der Waals surface area contributed by atoms with E-state index in [1.807, 2.05) is 30.3 Å². The van der Waals surface area contributed by atoms with Gasteiger partial charge in [-0.15, -0.1) is 24.0 Å². The summed E-state index contributed by atoms with van der Waals surface area (Å²) in [7, 11) is 2.12. The van der Waals surface area contributed by atoms with Crippen molar-refractivity contribution >= 4 is 35.6 Å². The molecule has 4 nitrogen and oxygen atoms in total. The average Bonchev–Trinajstić information content (AvgIpc) is 2.37. The maximum atomic E-state index is 5.81. The molecule has 3 N–H and O–H groups in total. The number of nitrogens with two attached hydrogens (primary N) is 1. The van der Waals surface area contributed by atoms with Crippen molar-refractivity contribution in [3.8, 4) is 0 Å². The summed E-state index contributed by atoms with van der Waals surface area (Å²) in [5, 5.41) is 3.07. The summed E-state index contributed by atoms with van der Waals surface area (Å²) in [5.41, 5.74) is 6.78. The smallest absolute Gasteiger partial charge is 0.193 e. The van der Waals surface area contributed by atoms with E-state index in [2.05, 4.69) is 29.2 Å². The third-order valence-corrected chi connectivity index (χ3v) is 2.70. The van der Waals surface area contributed by atoms with Gasteiger partial charge in [0.25, 0.3) is 0 Å². The van der Waals surface area contributed by atoms with Crippen molar-refractivity contribution in [3.05, 3.63) is 30.3 Å². The molecule has 0 aliphatic heterocycles. The molecule has 0 saturated heterocycles. The molecule has 19 heavy (non-hydrogen) atoms. The van der Waals surface area contributed by atoms with E-state index < -0.39 is 0 Å². The summed E-state index contributed by atoms with van der Waals surface area (Å²) in [6.45, 7) is 4.99. The molecule has 0 amide bonds. The monoisotopic (exact) mass is 376 g/mol. The van der Waals surface area contributed by atoms with Crippen molar-refractivity contribution in [1.82, 2.24) is 4.90 Å². The topological polar surface area (TPSA) is 53.6 Å². The number of hydrogen-bond donors (Lipinski definition) is 2. The van der Waals surface area contributed by atoms with Gasteiger partial charge in [-0.1, -0.05) is 31.5 Å². The Balaban J connectivity index is 0.00000324. The van der Waals surface area contributed by atoms with Crippen LogP contribution in [-0.2, 0) is 0 Å². The van der Waals surface area contributed by atoms with Crippen molar-refractivity contribution in [1.29, 1.82) is 0 Å². The lowest BCUT2D eigenvalue weighted by Gasteiger charge is -2.14. The Bertz CT molecular complexity index is 354. The Morgan fingerprint density at radius 3 is 2.58 bits per heavy atom. The summed E-state index contributed by atoms with van der Waals surface area (Å²) in [4.78, 5) is 6.59. The van der Waals surface area contributed by atoms with Gasteiger partial charge in [0, 0.05) is 12.2 Å². The second kappa shape index (κ2) is 11.0. The first-order valence-electron chi connectivity index (χ1n) is 6.53. The second-order valence-corrected chi connectivity index (χ2v) is 4.41. The average molecular weight is 376 g/mol. The Morgan fingerprint density at radius 1 is 1.26 bits per heavy atom. The largest absolute Gasteiger partial charge is 0.370 e. The molecule has 0 atom stereocenters. The molecule has 108 valence electrons. The molecule has 0 radical (unpaired) electrons. The Hall–Kier alpha value is -0.820. The van der Waals surface area contributed by atoms with Crippen LogP contribution in [0.3, 0.4) is 0 Å². The number of unbranched alkanes of at least 4 members (excludes halogenated alkanes) is 1. The van der Waals surface area contributed by atoms with Crippen molar-refractivity contribution in [2.45, 2.75) is 19.8 Å². The highest BCUT2D eigenvalue weighted by atomic mass is 127. The fraction of sp³-hybridized carbons (Fsp3) is 0.500. The molecular formula is C14H25IN4. The van der Waals surface area contributed by atoms with Gasteiger partial charge in [-0.05, 0) is 32.1 Å². The zero-order valence-electron chi connectivity index (χ0n) is 11.8. The molecule has 0 spiro atoms. The lowest BCUT2D eigenvalue weighted by Crippen LogP contribution is -2.26. The first kappa shape index (κ1) is 18.2. The lowest BCUT2D eigenvalue weighted by molar-refractivity contribution is 0.337. The predicted molar refractivity (Wildman–Crippen MR) is 94.4 cm³/mol. The van der Waals surface area contributed by atoms with Gasteiger partial charge in [0.15, 0.2) is 5.96 Å². The molecular weight excluding hydrogens is 351 g/mol. The van der Waals surface area contributed by atoms with Crippen LogP contribution in [0.1, 0.15) is 19.8 Å². The normalized spacial score (nSPS) is 11.2. The fourth-order valence-corrected chi connectivity index (χ4v) is 1.59. The number of anilines is 1. The van der Waals surface area contributed by atoms with Crippen molar-refractivity contribution in [3.63, 3.8) is 0 Å². The molecule has 0 bridgehead atoms. The van der Waals surface area contributed by atoms with Crippen LogP contribution >= 0.6 is 24.0 Å². The highest BCUT2D eigenvalue weighted by Crippen LogP contribution is 2.03. The molecule has 1 rings (SSSR count). The Labute approximate surface area is 133 Å². The molecule has 0 fully saturated rings. The predicted octanol–water partition coefficient (Wildman–Crippen LogP) is 2.76. The summed E-state index contributed by atoms with van der Waals surface area (Å²) in [6, 6.07) is 9.84. The van der Waals surface area contributed by atoms with Crippen molar-refractivity contribution in [2.75, 3.05) is 32.0 Å². The van der Waals surface area contributed by atoms with Gasteiger partial charge in [0.1, 0.15) is 0 Å². The minimum Gasteiger partial charge on any atom is -0.370 e. The van der Waals surface area contributed by atoms with Crippen LogP contribution in [0.15, 0.2) is 35.3 Å². The minimum absolute atomic E-state index is 0. The molecule has 0 saturated carbocycles. The number of guanidine groups is 1. The molecule has 5 heteroatoms. The Morgan fingerprint density at radius 2 is 1.95 bits per heavy atom. The first-order valence-corrected chi connectivity index (χ1v) is 6.53. The number of benzene rings is 1. The molecule has 0 heterocycles. The summed E-state index contributed by atoms with van der Waals surface area (Å²) in [6.07, 6.45) is 2.46. The molecule has 0 aliphatic carbocycles. The van der Waals surface area contributed by atoms with Crippen molar-refractivity contribution < 1.29 is 0 Å². The van der Waals surface area contributed by atoms with Crippen LogP contribution in [0, 0.1) is 0 Å². The van der Waals surface area contributed by atoms with Crippen molar-refractivity contribution in [2.24, 2.45) is 10.7 Å². The van der Waals surface area contributed by atoms with E-state index in [4.69, 9.17) is 5.73 Å². The zero-order valence-corrected chi connectivity index (χ0v) is 14.1. The maximum absolute atomic E-state index is 5.81. The van der Waals surface area contributed by atoms with Gasteiger partial charge in [0.05, 0.1) is 6.54 Å². The third kappa shape index (κ3) is 8.83. The molecule has 1 aromatic rings. The third-order valence-electron chi connectivity index (χ3n) is 2.70. The van der Waals surface area contributed by atoms with E-state index >= 15 is 0 Å². The van der Waals surface area contributed by atoms with Crippen LogP contribution in [0.4, 0.5) is 5.69 Å². The van der Waals surface area contributed by atoms with Crippen LogP contribution in [0.25, 0.3) is 0 Å².